The van der Waals surface area contributed by atoms with E-state index < -0.39 is 28.2 Å². The molecule has 0 atom stereocenters. The van der Waals surface area contributed by atoms with Gasteiger partial charge in [0.15, 0.2) is 10.6 Å². The summed E-state index contributed by atoms with van der Waals surface area (Å²) < 4.78 is 28.8. The van der Waals surface area contributed by atoms with E-state index >= 15 is 0 Å². The Morgan fingerprint density at radius 3 is 2.72 bits per heavy atom. The zero-order valence-corrected chi connectivity index (χ0v) is 14.1. The second kappa shape index (κ2) is 6.34. The van der Waals surface area contributed by atoms with Crippen molar-refractivity contribution in [3.8, 4) is 0 Å². The summed E-state index contributed by atoms with van der Waals surface area (Å²) in [5, 5.41) is 11.2. The molecule has 1 heterocycles. The van der Waals surface area contributed by atoms with E-state index in [9.17, 15) is 23.7 Å². The summed E-state index contributed by atoms with van der Waals surface area (Å²) in [6.07, 6.45) is 0. The zero-order valence-electron chi connectivity index (χ0n) is 12.5. The molecule has 0 N–H and O–H groups in total. The van der Waals surface area contributed by atoms with Crippen molar-refractivity contribution in [2.45, 2.75) is 0 Å². The Labute approximate surface area is 147 Å². The predicted octanol–water partition coefficient (Wildman–Crippen LogP) is 3.82. The SMILES string of the molecule is Cn1c(=NC(=O)c2cc(Cl)ccc2[N+](=O)[O-])sc2cc(F)cc(F)c21. The maximum Gasteiger partial charge on any atom is 0.286 e. The Kier molecular flexibility index (Phi) is 4.36. The van der Waals surface area contributed by atoms with Crippen molar-refractivity contribution >= 4 is 44.7 Å². The number of hydrogen-bond acceptors (Lipinski definition) is 4. The van der Waals surface area contributed by atoms with Crippen molar-refractivity contribution in [3.05, 3.63) is 67.5 Å². The highest BCUT2D eigenvalue weighted by atomic mass is 35.5. The highest BCUT2D eigenvalue weighted by molar-refractivity contribution is 7.16. The van der Waals surface area contributed by atoms with Crippen LogP contribution in [0, 0.1) is 21.7 Å². The lowest BCUT2D eigenvalue weighted by molar-refractivity contribution is -0.385. The maximum atomic E-state index is 13.9. The quantitative estimate of drug-likeness (QED) is 0.498. The largest absolute Gasteiger partial charge is 0.317 e. The Morgan fingerprint density at radius 1 is 1.32 bits per heavy atom. The van der Waals surface area contributed by atoms with Crippen LogP contribution in [0.3, 0.4) is 0 Å². The zero-order chi connectivity index (χ0) is 18.3. The van der Waals surface area contributed by atoms with Gasteiger partial charge in [-0.2, -0.15) is 4.99 Å². The number of aryl methyl sites for hydroxylation is 1. The average molecular weight is 384 g/mol. The van der Waals surface area contributed by atoms with Crippen molar-refractivity contribution < 1.29 is 18.5 Å². The molecule has 0 spiro atoms. The van der Waals surface area contributed by atoms with E-state index in [2.05, 4.69) is 4.99 Å². The second-order valence-electron chi connectivity index (χ2n) is 5.01. The van der Waals surface area contributed by atoms with E-state index in [0.717, 1.165) is 35.6 Å². The Morgan fingerprint density at radius 2 is 2.04 bits per heavy atom. The van der Waals surface area contributed by atoms with E-state index in [-0.39, 0.29) is 25.6 Å². The first-order chi connectivity index (χ1) is 11.8. The minimum atomic E-state index is -0.905. The lowest BCUT2D eigenvalue weighted by Gasteiger charge is -2.00. The van der Waals surface area contributed by atoms with Crippen molar-refractivity contribution in [3.63, 3.8) is 0 Å². The number of hydrogen-bond donors (Lipinski definition) is 0. The van der Waals surface area contributed by atoms with Gasteiger partial charge < -0.3 is 4.57 Å². The average Bonchev–Trinajstić information content (AvgIpc) is 2.82. The Balaban J connectivity index is 2.19. The molecule has 1 aromatic heterocycles. The van der Waals surface area contributed by atoms with Gasteiger partial charge in [0.1, 0.15) is 11.4 Å². The fraction of sp³-hybridized carbons (Fsp3) is 0.0667. The fourth-order valence-electron chi connectivity index (χ4n) is 2.29. The molecular formula is C15H8ClF2N3O3S. The number of nitro groups is 1. The van der Waals surface area contributed by atoms with Crippen LogP contribution in [0.2, 0.25) is 5.02 Å². The standard InChI is InChI=1S/C15H8ClF2N3O3S/c1-20-13-10(18)5-8(17)6-12(13)25-15(20)19-14(22)9-4-7(16)2-3-11(9)21(23)24/h2-6H,1H3. The van der Waals surface area contributed by atoms with Crippen LogP contribution in [0.4, 0.5) is 14.5 Å². The molecule has 0 saturated carbocycles. The molecule has 6 nitrogen and oxygen atoms in total. The van der Waals surface area contributed by atoms with Gasteiger partial charge in [-0.3, -0.25) is 14.9 Å². The molecule has 1 amide bonds. The smallest absolute Gasteiger partial charge is 0.286 e. The molecule has 0 unspecified atom stereocenters. The van der Waals surface area contributed by atoms with Crippen molar-refractivity contribution in [2.75, 3.05) is 0 Å². The molecule has 128 valence electrons. The first kappa shape index (κ1) is 17.2. The summed E-state index contributed by atoms with van der Waals surface area (Å²) in [6, 6.07) is 5.37. The van der Waals surface area contributed by atoms with Crippen LogP contribution in [0.5, 0.6) is 0 Å². The van der Waals surface area contributed by atoms with Gasteiger partial charge in [-0.25, -0.2) is 8.78 Å². The van der Waals surface area contributed by atoms with E-state index in [1.54, 1.807) is 0 Å². The molecule has 2 aromatic carbocycles. The first-order valence-electron chi connectivity index (χ1n) is 6.75. The van der Waals surface area contributed by atoms with E-state index in [1.165, 1.54) is 17.7 Å². The minimum Gasteiger partial charge on any atom is -0.317 e. The van der Waals surface area contributed by atoms with Gasteiger partial charge in [-0.1, -0.05) is 22.9 Å². The number of fused-ring (bicyclic) bond motifs is 1. The molecule has 25 heavy (non-hydrogen) atoms. The second-order valence-corrected chi connectivity index (χ2v) is 6.46. The van der Waals surface area contributed by atoms with Crippen LogP contribution in [0.1, 0.15) is 10.4 Å². The highest BCUT2D eigenvalue weighted by Crippen LogP contribution is 2.24. The number of nitro benzene ring substituents is 1. The Bertz CT molecular complexity index is 1110. The highest BCUT2D eigenvalue weighted by Gasteiger charge is 2.21. The summed E-state index contributed by atoms with van der Waals surface area (Å²) in [5.74, 6) is -2.45. The van der Waals surface area contributed by atoms with Crippen molar-refractivity contribution in [1.29, 1.82) is 0 Å². The first-order valence-corrected chi connectivity index (χ1v) is 7.95. The van der Waals surface area contributed by atoms with E-state index in [4.69, 9.17) is 11.6 Å². The molecular weight excluding hydrogens is 376 g/mol. The number of aromatic nitrogens is 1. The maximum absolute atomic E-state index is 13.9. The third-order valence-corrected chi connectivity index (χ3v) is 4.71. The van der Waals surface area contributed by atoms with Crippen LogP contribution in [0.25, 0.3) is 10.2 Å². The summed E-state index contributed by atoms with van der Waals surface area (Å²) in [5.41, 5.74) is -0.653. The molecule has 0 aliphatic carbocycles. The van der Waals surface area contributed by atoms with Crippen molar-refractivity contribution in [2.24, 2.45) is 12.0 Å². The summed E-state index contributed by atoms with van der Waals surface area (Å²) >= 11 is 6.68. The summed E-state index contributed by atoms with van der Waals surface area (Å²) in [6.45, 7) is 0. The van der Waals surface area contributed by atoms with Gasteiger partial charge in [-0.15, -0.1) is 0 Å². The summed E-state index contributed by atoms with van der Waals surface area (Å²) in [7, 11) is 1.46. The van der Waals surface area contributed by atoms with Crippen LogP contribution >= 0.6 is 22.9 Å². The molecule has 0 bridgehead atoms. The van der Waals surface area contributed by atoms with Gasteiger partial charge in [0, 0.05) is 24.2 Å². The Hall–Kier alpha value is -2.65. The van der Waals surface area contributed by atoms with Crippen LogP contribution in [-0.2, 0) is 7.05 Å². The van der Waals surface area contributed by atoms with E-state index in [1.807, 2.05) is 0 Å². The lowest BCUT2D eigenvalue weighted by atomic mass is 10.2. The number of carbonyl (C=O) groups excluding carboxylic acids is 1. The monoisotopic (exact) mass is 383 g/mol. The molecule has 0 fully saturated rings. The van der Waals surface area contributed by atoms with Crippen LogP contribution in [0.15, 0.2) is 35.3 Å². The normalized spacial score (nSPS) is 11.9. The third kappa shape index (κ3) is 3.15. The van der Waals surface area contributed by atoms with E-state index in [0.29, 0.717) is 0 Å². The fourth-order valence-corrected chi connectivity index (χ4v) is 3.52. The predicted molar refractivity (Wildman–Crippen MR) is 88.7 cm³/mol. The van der Waals surface area contributed by atoms with Gasteiger partial charge >= 0.3 is 0 Å². The number of rotatable bonds is 2. The lowest BCUT2D eigenvalue weighted by Crippen LogP contribution is -2.14. The van der Waals surface area contributed by atoms with Gasteiger partial charge in [0.25, 0.3) is 11.6 Å². The van der Waals surface area contributed by atoms with Gasteiger partial charge in [0.05, 0.1) is 15.1 Å². The molecule has 0 radical (unpaired) electrons. The number of amides is 1. The molecule has 0 saturated heterocycles. The number of carbonyl (C=O) groups is 1. The van der Waals surface area contributed by atoms with Gasteiger partial charge in [-0.05, 0) is 18.2 Å². The molecule has 0 aliphatic heterocycles. The molecule has 3 rings (SSSR count). The van der Waals surface area contributed by atoms with Gasteiger partial charge in [0.2, 0.25) is 0 Å². The topological polar surface area (TPSA) is 77.5 Å². The molecule has 3 aromatic rings. The number of nitrogens with zero attached hydrogens (tertiary/aromatic N) is 3. The third-order valence-electron chi connectivity index (χ3n) is 3.40. The number of halogens is 3. The minimum absolute atomic E-state index is 0.0683. The number of benzene rings is 2. The van der Waals surface area contributed by atoms with Crippen LogP contribution in [-0.4, -0.2) is 15.4 Å². The molecule has 10 heteroatoms. The summed E-state index contributed by atoms with van der Waals surface area (Å²) in [4.78, 5) is 26.6. The van der Waals surface area contributed by atoms with Crippen molar-refractivity contribution in [1.82, 2.24) is 4.57 Å². The van der Waals surface area contributed by atoms with Crippen LogP contribution < -0.4 is 4.80 Å². The molecule has 0 aliphatic rings. The number of thiazole rings is 1.